The summed E-state index contributed by atoms with van der Waals surface area (Å²) in [6.07, 6.45) is 1.000. The quantitative estimate of drug-likeness (QED) is 0.361. The summed E-state index contributed by atoms with van der Waals surface area (Å²) in [4.78, 5) is 36.2. The number of carbonyl (C=O) groups is 2. The van der Waals surface area contributed by atoms with Gasteiger partial charge in [0.05, 0.1) is 5.56 Å². The molecule has 0 radical (unpaired) electrons. The number of aromatic carboxylic acids is 1. The van der Waals surface area contributed by atoms with Crippen molar-refractivity contribution in [3.8, 4) is 28.2 Å². The minimum absolute atomic E-state index is 0.0196. The highest BCUT2D eigenvalue weighted by atomic mass is 16.4. The summed E-state index contributed by atoms with van der Waals surface area (Å²) in [5.41, 5.74) is 1.88. The summed E-state index contributed by atoms with van der Waals surface area (Å²) in [7, 11) is 0. The van der Waals surface area contributed by atoms with E-state index >= 15 is 0 Å². The Hall–Kier alpha value is -3.93. The van der Waals surface area contributed by atoms with Crippen LogP contribution in [0.5, 0.6) is 5.75 Å². The molecule has 0 atom stereocenters. The van der Waals surface area contributed by atoms with Crippen LogP contribution in [-0.2, 0) is 0 Å². The van der Waals surface area contributed by atoms with Crippen LogP contribution in [0.1, 0.15) is 40.5 Å². The number of benzene rings is 3. The predicted octanol–water partition coefficient (Wildman–Crippen LogP) is 4.95. The Morgan fingerprint density at radius 2 is 1.73 bits per heavy atom. The van der Waals surface area contributed by atoms with Crippen molar-refractivity contribution in [2.45, 2.75) is 19.8 Å². The lowest BCUT2D eigenvalue weighted by atomic mass is 9.89. The molecule has 2 aromatic rings. The molecule has 150 valence electrons. The third-order valence-corrected chi connectivity index (χ3v) is 5.00. The number of carboxylic acids is 1. The van der Waals surface area contributed by atoms with E-state index in [-0.39, 0.29) is 28.3 Å². The average molecular weight is 402 g/mol. The van der Waals surface area contributed by atoms with Gasteiger partial charge in [0.1, 0.15) is 17.1 Å². The fourth-order valence-electron chi connectivity index (χ4n) is 3.63. The molecule has 0 saturated carbocycles. The number of carbonyl (C=O) groups excluding carboxylic acids is 1. The molecule has 0 aromatic heterocycles. The molecule has 0 spiro atoms. The monoisotopic (exact) mass is 402 g/mol. The molecule has 4 rings (SSSR count). The third-order valence-electron chi connectivity index (χ3n) is 5.00. The van der Waals surface area contributed by atoms with Gasteiger partial charge in [-0.25, -0.2) is 4.79 Å². The van der Waals surface area contributed by atoms with Crippen LogP contribution in [0.3, 0.4) is 0 Å². The standard InChI is InChI=1S/C24H18O6/c1-2-3-20(27)13-4-7-16(19(10-13)24(28)29)23-17-8-5-14(25)11-21(17)30-22-12-15(26)6-9-18(22)23/h4-12,25H,2-3H2,1H3,(H,28,29). The van der Waals surface area contributed by atoms with Crippen LogP contribution in [0.25, 0.3) is 33.4 Å². The summed E-state index contributed by atoms with van der Waals surface area (Å²) in [6.45, 7) is 1.88. The van der Waals surface area contributed by atoms with E-state index in [9.17, 15) is 24.6 Å². The Bertz CT molecular complexity index is 1330. The molecule has 0 bridgehead atoms. The molecule has 2 aliphatic rings. The van der Waals surface area contributed by atoms with E-state index in [0.717, 1.165) is 0 Å². The van der Waals surface area contributed by atoms with E-state index in [1.165, 1.54) is 30.3 Å². The predicted molar refractivity (Wildman–Crippen MR) is 112 cm³/mol. The lowest BCUT2D eigenvalue weighted by Gasteiger charge is -2.17. The normalized spacial score (nSPS) is 11.1. The molecule has 30 heavy (non-hydrogen) atoms. The second kappa shape index (κ2) is 7.48. The molecular formula is C24H18O6. The molecule has 2 aromatic carbocycles. The minimum Gasteiger partial charge on any atom is -0.508 e. The van der Waals surface area contributed by atoms with Gasteiger partial charge < -0.3 is 14.6 Å². The molecule has 1 aliphatic heterocycles. The first-order valence-electron chi connectivity index (χ1n) is 9.49. The Morgan fingerprint density at radius 3 is 2.47 bits per heavy atom. The number of phenolic OH excluding ortho intramolecular Hbond substituents is 1. The molecule has 6 heteroatoms. The molecular weight excluding hydrogens is 384 g/mol. The van der Waals surface area contributed by atoms with Crippen molar-refractivity contribution in [3.05, 3.63) is 75.9 Å². The topological polar surface area (TPSA) is 105 Å². The zero-order chi connectivity index (χ0) is 21.4. The van der Waals surface area contributed by atoms with Crippen LogP contribution < -0.4 is 5.43 Å². The highest BCUT2D eigenvalue weighted by molar-refractivity contribution is 6.09. The lowest BCUT2D eigenvalue weighted by Crippen LogP contribution is -2.06. The van der Waals surface area contributed by atoms with Crippen LogP contribution >= 0.6 is 0 Å². The molecule has 0 fully saturated rings. The van der Waals surface area contributed by atoms with Gasteiger partial charge in [-0.15, -0.1) is 0 Å². The summed E-state index contributed by atoms with van der Waals surface area (Å²) >= 11 is 0. The van der Waals surface area contributed by atoms with Gasteiger partial charge in [-0.3, -0.25) is 9.59 Å². The second-order valence-electron chi connectivity index (χ2n) is 7.05. The van der Waals surface area contributed by atoms with Crippen molar-refractivity contribution < 1.29 is 24.2 Å². The van der Waals surface area contributed by atoms with Crippen LogP contribution in [0, 0.1) is 0 Å². The zero-order valence-electron chi connectivity index (χ0n) is 16.1. The maximum absolute atomic E-state index is 12.3. The first-order valence-corrected chi connectivity index (χ1v) is 9.49. The summed E-state index contributed by atoms with van der Waals surface area (Å²) in [6, 6.07) is 13.4. The number of phenols is 1. The van der Waals surface area contributed by atoms with E-state index in [4.69, 9.17) is 4.42 Å². The first kappa shape index (κ1) is 19.4. The molecule has 0 unspecified atom stereocenters. The Kier molecular flexibility index (Phi) is 4.83. The Labute approximate surface area is 171 Å². The lowest BCUT2D eigenvalue weighted by molar-refractivity contribution is 0.0697. The van der Waals surface area contributed by atoms with Gasteiger partial charge in [0.2, 0.25) is 0 Å². The molecule has 1 aliphatic carbocycles. The molecule has 6 nitrogen and oxygen atoms in total. The van der Waals surface area contributed by atoms with Crippen LogP contribution in [0.15, 0.2) is 63.8 Å². The SMILES string of the molecule is CCCC(=O)c1ccc(-c2c3ccc(=O)cc-3oc3cc(O)ccc23)c(C(=O)O)c1. The van der Waals surface area contributed by atoms with E-state index in [1.54, 1.807) is 24.3 Å². The van der Waals surface area contributed by atoms with E-state index in [0.29, 0.717) is 46.1 Å². The van der Waals surface area contributed by atoms with Gasteiger partial charge in [0, 0.05) is 40.6 Å². The zero-order valence-corrected chi connectivity index (χ0v) is 16.1. The van der Waals surface area contributed by atoms with Crippen molar-refractivity contribution in [2.24, 2.45) is 0 Å². The Balaban J connectivity index is 2.08. The van der Waals surface area contributed by atoms with Crippen molar-refractivity contribution in [1.82, 2.24) is 0 Å². The number of fused-ring (bicyclic) bond motifs is 2. The van der Waals surface area contributed by atoms with Gasteiger partial charge >= 0.3 is 5.97 Å². The summed E-state index contributed by atoms with van der Waals surface area (Å²) in [5, 5.41) is 20.3. The highest BCUT2D eigenvalue weighted by Crippen LogP contribution is 2.42. The maximum Gasteiger partial charge on any atom is 0.336 e. The van der Waals surface area contributed by atoms with E-state index in [1.807, 2.05) is 6.92 Å². The third kappa shape index (κ3) is 3.33. The number of carboxylic acid groups (broad SMARTS) is 1. The van der Waals surface area contributed by atoms with Crippen molar-refractivity contribution in [3.63, 3.8) is 0 Å². The molecule has 0 saturated heterocycles. The molecule has 0 amide bonds. The molecule has 1 heterocycles. The largest absolute Gasteiger partial charge is 0.508 e. The van der Waals surface area contributed by atoms with Crippen molar-refractivity contribution in [1.29, 1.82) is 0 Å². The number of hydrogen-bond donors (Lipinski definition) is 2. The number of ketones is 1. The number of hydrogen-bond acceptors (Lipinski definition) is 5. The van der Waals surface area contributed by atoms with Gasteiger partial charge in [0.15, 0.2) is 11.2 Å². The average Bonchev–Trinajstić information content (AvgIpc) is 2.71. The van der Waals surface area contributed by atoms with E-state index < -0.39 is 5.97 Å². The summed E-state index contributed by atoms with van der Waals surface area (Å²) in [5.74, 6) is -1.03. The van der Waals surface area contributed by atoms with Gasteiger partial charge in [0.25, 0.3) is 0 Å². The number of rotatable bonds is 5. The minimum atomic E-state index is -1.17. The maximum atomic E-state index is 12.3. The molecule has 2 N–H and O–H groups in total. The van der Waals surface area contributed by atoms with E-state index in [2.05, 4.69) is 0 Å². The second-order valence-corrected chi connectivity index (χ2v) is 7.05. The Morgan fingerprint density at radius 1 is 0.967 bits per heavy atom. The van der Waals surface area contributed by atoms with Crippen molar-refractivity contribution >= 4 is 22.7 Å². The number of Topliss-reactive ketones (excluding diaryl/α,β-unsaturated/α-hetero) is 1. The van der Waals surface area contributed by atoms with Crippen LogP contribution in [0.4, 0.5) is 0 Å². The number of aromatic hydroxyl groups is 1. The van der Waals surface area contributed by atoms with Crippen LogP contribution in [0.2, 0.25) is 0 Å². The smallest absolute Gasteiger partial charge is 0.336 e. The van der Waals surface area contributed by atoms with Gasteiger partial charge in [-0.1, -0.05) is 19.1 Å². The summed E-state index contributed by atoms with van der Waals surface area (Å²) < 4.78 is 5.80. The first-order chi connectivity index (χ1) is 14.4. The highest BCUT2D eigenvalue weighted by Gasteiger charge is 2.23. The van der Waals surface area contributed by atoms with Gasteiger partial charge in [-0.2, -0.15) is 0 Å². The fraction of sp³-hybridized carbons (Fsp3) is 0.125. The van der Waals surface area contributed by atoms with Gasteiger partial charge in [-0.05, 0) is 42.3 Å². The fourth-order valence-corrected chi connectivity index (χ4v) is 3.63. The van der Waals surface area contributed by atoms with Crippen LogP contribution in [-0.4, -0.2) is 22.0 Å². The van der Waals surface area contributed by atoms with Crippen molar-refractivity contribution in [2.75, 3.05) is 0 Å².